The molecule has 0 aromatic rings. The molecule has 1 rings (SSSR count). The number of amidine groups is 1. The van der Waals surface area contributed by atoms with Crippen LogP contribution in [0.15, 0.2) is 5.10 Å². The van der Waals surface area contributed by atoms with Gasteiger partial charge in [0.1, 0.15) is 0 Å². The first-order valence-electron chi connectivity index (χ1n) is 1.27. The van der Waals surface area contributed by atoms with Gasteiger partial charge in [0.2, 0.25) is 5.17 Å². The Labute approximate surface area is 43.3 Å². The summed E-state index contributed by atoms with van der Waals surface area (Å²) >= 11 is 0. The SMILES string of the molecule is [NH]C1=NNSS1. The molecule has 1 aliphatic rings. The van der Waals surface area contributed by atoms with Crippen LogP contribution in [0.4, 0.5) is 0 Å². The van der Waals surface area contributed by atoms with Crippen molar-refractivity contribution < 1.29 is 0 Å². The molecule has 0 aliphatic carbocycles. The van der Waals surface area contributed by atoms with E-state index >= 15 is 0 Å². The normalized spacial score (nSPS) is 19.7. The summed E-state index contributed by atoms with van der Waals surface area (Å²) in [6, 6.07) is 0. The molecular weight excluding hydrogens is 118 g/mol. The van der Waals surface area contributed by atoms with Crippen molar-refractivity contribution >= 4 is 26.9 Å². The summed E-state index contributed by atoms with van der Waals surface area (Å²) in [5.41, 5.74) is 6.76. The van der Waals surface area contributed by atoms with E-state index in [1.165, 1.54) is 21.8 Å². The molecule has 0 amide bonds. The van der Waals surface area contributed by atoms with Gasteiger partial charge in [-0.25, -0.2) is 4.83 Å². The molecule has 0 aromatic carbocycles. The van der Waals surface area contributed by atoms with Gasteiger partial charge in [0, 0.05) is 21.8 Å². The fourth-order valence-electron chi connectivity index (χ4n) is 0.137. The van der Waals surface area contributed by atoms with Crippen molar-refractivity contribution in [1.82, 2.24) is 10.6 Å². The molecule has 33 valence electrons. The minimum Gasteiger partial charge on any atom is -0.275 e. The third-order valence-corrected chi connectivity index (χ3v) is 1.75. The molecule has 0 atom stereocenters. The fourth-order valence-corrected chi connectivity index (χ4v) is 1.09. The third kappa shape index (κ3) is 0.721. The largest absolute Gasteiger partial charge is 0.275 e. The molecule has 5 heteroatoms. The molecule has 1 radical (unpaired) electrons. The molecule has 0 bridgehead atoms. The van der Waals surface area contributed by atoms with Gasteiger partial charge in [-0.1, -0.05) is 0 Å². The van der Waals surface area contributed by atoms with Crippen molar-refractivity contribution in [3.63, 3.8) is 0 Å². The smallest absolute Gasteiger partial charge is 0.212 e. The lowest BCUT2D eigenvalue weighted by atomic mass is 11.4. The molecule has 0 unspecified atom stereocenters. The maximum absolute atomic E-state index is 6.76. The average molecular weight is 120 g/mol. The van der Waals surface area contributed by atoms with Crippen LogP contribution in [0.2, 0.25) is 0 Å². The van der Waals surface area contributed by atoms with Crippen LogP contribution in [0.25, 0.3) is 0 Å². The standard InChI is InChI=1S/CH2N3S2/c2-1-3-4-6-5-1/h2,4H. The van der Waals surface area contributed by atoms with Crippen LogP contribution in [0, 0.1) is 0 Å². The highest BCUT2D eigenvalue weighted by atomic mass is 33.1. The Kier molecular flexibility index (Phi) is 1.11. The van der Waals surface area contributed by atoms with Gasteiger partial charge in [0.05, 0.1) is 0 Å². The predicted octanol–water partition coefficient (Wildman–Crippen LogP) is 0.440. The van der Waals surface area contributed by atoms with Crippen LogP contribution < -0.4 is 10.6 Å². The van der Waals surface area contributed by atoms with E-state index in [0.29, 0.717) is 5.17 Å². The van der Waals surface area contributed by atoms with Gasteiger partial charge in [0.15, 0.2) is 0 Å². The number of hydrogen-bond acceptors (Lipinski definition) is 4. The summed E-state index contributed by atoms with van der Waals surface area (Å²) < 4.78 is 0. The van der Waals surface area contributed by atoms with E-state index in [4.69, 9.17) is 5.73 Å². The predicted molar refractivity (Wildman–Crippen MR) is 28.8 cm³/mol. The van der Waals surface area contributed by atoms with Crippen LogP contribution in [-0.2, 0) is 0 Å². The van der Waals surface area contributed by atoms with Crippen LogP contribution in [0.1, 0.15) is 0 Å². The second-order valence-electron chi connectivity index (χ2n) is 0.675. The van der Waals surface area contributed by atoms with E-state index in [9.17, 15) is 0 Å². The van der Waals surface area contributed by atoms with E-state index in [2.05, 4.69) is 9.93 Å². The lowest BCUT2D eigenvalue weighted by molar-refractivity contribution is 1.13. The quantitative estimate of drug-likeness (QED) is 0.373. The van der Waals surface area contributed by atoms with Gasteiger partial charge in [-0.2, -0.15) is 0 Å². The minimum absolute atomic E-state index is 0.347. The van der Waals surface area contributed by atoms with E-state index in [0.717, 1.165) is 0 Å². The van der Waals surface area contributed by atoms with Crippen LogP contribution in [0.3, 0.4) is 0 Å². The van der Waals surface area contributed by atoms with E-state index < -0.39 is 0 Å². The first-order chi connectivity index (χ1) is 2.89. The molecule has 3 nitrogen and oxygen atoms in total. The molecule has 0 spiro atoms. The van der Waals surface area contributed by atoms with Gasteiger partial charge < -0.3 is 0 Å². The highest BCUT2D eigenvalue weighted by Crippen LogP contribution is 2.22. The fraction of sp³-hybridized carbons (Fsp3) is 0. The molecular formula is CH2N3S2. The van der Waals surface area contributed by atoms with Crippen LogP contribution in [-0.4, -0.2) is 5.17 Å². The Morgan fingerprint density at radius 2 is 2.67 bits per heavy atom. The maximum Gasteiger partial charge on any atom is 0.212 e. The highest BCUT2D eigenvalue weighted by molar-refractivity contribution is 8.82. The Balaban J connectivity index is 2.45. The van der Waals surface area contributed by atoms with Gasteiger partial charge in [-0.15, -0.1) is 5.10 Å². The first-order valence-corrected chi connectivity index (χ1v) is 3.42. The van der Waals surface area contributed by atoms with Crippen molar-refractivity contribution in [3.05, 3.63) is 0 Å². The lowest BCUT2D eigenvalue weighted by Crippen LogP contribution is -1.86. The van der Waals surface area contributed by atoms with E-state index in [-0.39, 0.29) is 0 Å². The second kappa shape index (κ2) is 1.61. The van der Waals surface area contributed by atoms with Crippen molar-refractivity contribution in [2.24, 2.45) is 5.10 Å². The first kappa shape index (κ1) is 4.14. The van der Waals surface area contributed by atoms with Crippen molar-refractivity contribution in [2.75, 3.05) is 0 Å². The zero-order valence-corrected chi connectivity index (χ0v) is 4.40. The minimum atomic E-state index is 0.347. The summed E-state index contributed by atoms with van der Waals surface area (Å²) in [6.45, 7) is 0. The topological polar surface area (TPSA) is 48.2 Å². The molecule has 6 heavy (non-hydrogen) atoms. The number of nitrogens with one attached hydrogen (secondary N) is 2. The van der Waals surface area contributed by atoms with Gasteiger partial charge >= 0.3 is 0 Å². The van der Waals surface area contributed by atoms with E-state index in [1.807, 2.05) is 0 Å². The number of hydrogen-bond donors (Lipinski definition) is 1. The number of nitrogens with zero attached hydrogens (tertiary/aromatic N) is 1. The lowest BCUT2D eigenvalue weighted by Gasteiger charge is -1.72. The third-order valence-electron chi connectivity index (χ3n) is 0.305. The Bertz CT molecular complexity index is 78.9. The zero-order chi connectivity index (χ0) is 4.41. The summed E-state index contributed by atoms with van der Waals surface area (Å²) in [4.78, 5) is 2.55. The van der Waals surface area contributed by atoms with Crippen molar-refractivity contribution in [3.8, 4) is 0 Å². The second-order valence-corrected chi connectivity index (χ2v) is 2.58. The van der Waals surface area contributed by atoms with E-state index in [1.54, 1.807) is 0 Å². The summed E-state index contributed by atoms with van der Waals surface area (Å²) in [5, 5.41) is 3.84. The summed E-state index contributed by atoms with van der Waals surface area (Å²) in [6.07, 6.45) is 0. The maximum atomic E-state index is 6.76. The van der Waals surface area contributed by atoms with Gasteiger partial charge in [0.25, 0.3) is 0 Å². The monoisotopic (exact) mass is 120 g/mol. The zero-order valence-electron chi connectivity index (χ0n) is 2.76. The molecule has 0 aromatic heterocycles. The number of rotatable bonds is 0. The average Bonchev–Trinajstić information content (AvgIpc) is 1.86. The molecule has 0 fully saturated rings. The molecule has 0 saturated heterocycles. The molecule has 1 heterocycles. The number of hydrazone groups is 1. The highest BCUT2D eigenvalue weighted by Gasteiger charge is 2.00. The van der Waals surface area contributed by atoms with Crippen LogP contribution >= 0.6 is 21.8 Å². The molecule has 2 N–H and O–H groups in total. The molecule has 1 aliphatic heterocycles. The Morgan fingerprint density at radius 3 is 2.83 bits per heavy atom. The van der Waals surface area contributed by atoms with Crippen molar-refractivity contribution in [2.45, 2.75) is 0 Å². The van der Waals surface area contributed by atoms with Crippen molar-refractivity contribution in [1.29, 1.82) is 0 Å². The van der Waals surface area contributed by atoms with Crippen LogP contribution in [0.5, 0.6) is 0 Å². The summed E-state index contributed by atoms with van der Waals surface area (Å²) in [7, 11) is 2.68. The van der Waals surface area contributed by atoms with Gasteiger partial charge in [-0.3, -0.25) is 5.73 Å². The van der Waals surface area contributed by atoms with Gasteiger partial charge in [-0.05, 0) is 0 Å². The molecule has 0 saturated carbocycles. The Morgan fingerprint density at radius 1 is 1.83 bits per heavy atom. The Hall–Kier alpha value is -0.0300. The summed E-state index contributed by atoms with van der Waals surface area (Å²) in [5.74, 6) is 0.